The van der Waals surface area contributed by atoms with Gasteiger partial charge in [-0.15, -0.1) is 0 Å². The number of rotatable bonds is 3. The number of hydrogen-bond acceptors (Lipinski definition) is 1. The van der Waals surface area contributed by atoms with Crippen molar-refractivity contribution in [2.75, 3.05) is 5.33 Å². The molecule has 0 aromatic carbocycles. The van der Waals surface area contributed by atoms with Gasteiger partial charge >= 0.3 is 0 Å². The second-order valence-electron chi connectivity index (χ2n) is 2.33. The maximum absolute atomic E-state index is 12.0. The van der Waals surface area contributed by atoms with E-state index in [9.17, 15) is 8.78 Å². The molecule has 0 aliphatic heterocycles. The summed E-state index contributed by atoms with van der Waals surface area (Å²) in [6, 6.07) is 3.04. The second kappa shape index (κ2) is 4.50. The molecule has 0 unspecified atom stereocenters. The van der Waals surface area contributed by atoms with Crippen LogP contribution in [0, 0.1) is 0 Å². The van der Waals surface area contributed by atoms with Crippen LogP contribution < -0.4 is 0 Å². The molecular formula is C8H8BrF2N. The predicted molar refractivity (Wildman–Crippen MR) is 46.7 cm³/mol. The summed E-state index contributed by atoms with van der Waals surface area (Å²) in [5, 5.41) is 0.822. The zero-order valence-electron chi connectivity index (χ0n) is 6.30. The Labute approximate surface area is 77.9 Å². The molecule has 0 amide bonds. The molecule has 4 heteroatoms. The molecule has 0 saturated heterocycles. The van der Waals surface area contributed by atoms with Gasteiger partial charge in [-0.3, -0.25) is 4.98 Å². The summed E-state index contributed by atoms with van der Waals surface area (Å²) in [5.74, 6) is 0. The molecule has 1 nitrogen and oxygen atoms in total. The third-order valence-corrected chi connectivity index (χ3v) is 1.85. The minimum Gasteiger partial charge on any atom is -0.255 e. The van der Waals surface area contributed by atoms with E-state index in [1.54, 1.807) is 6.07 Å². The van der Waals surface area contributed by atoms with Gasteiger partial charge in [0, 0.05) is 11.5 Å². The van der Waals surface area contributed by atoms with Crippen molar-refractivity contribution in [2.45, 2.75) is 12.8 Å². The first-order chi connectivity index (χ1) is 5.74. The maximum Gasteiger partial charge on any atom is 0.280 e. The van der Waals surface area contributed by atoms with E-state index >= 15 is 0 Å². The van der Waals surface area contributed by atoms with Crippen LogP contribution >= 0.6 is 15.9 Å². The van der Waals surface area contributed by atoms with Crippen molar-refractivity contribution in [3.63, 3.8) is 0 Å². The summed E-state index contributed by atoms with van der Waals surface area (Å²) in [6.45, 7) is 0. The molecule has 0 spiro atoms. The quantitative estimate of drug-likeness (QED) is 0.735. The molecule has 0 N–H and O–H groups in total. The molecule has 0 fully saturated rings. The van der Waals surface area contributed by atoms with Gasteiger partial charge in [-0.2, -0.15) is 0 Å². The van der Waals surface area contributed by atoms with E-state index in [-0.39, 0.29) is 5.69 Å². The number of aryl methyl sites for hydroxylation is 1. The fourth-order valence-electron chi connectivity index (χ4n) is 0.822. The van der Waals surface area contributed by atoms with Crippen LogP contribution in [0.5, 0.6) is 0 Å². The molecule has 1 heterocycles. The van der Waals surface area contributed by atoms with Gasteiger partial charge in [0.2, 0.25) is 0 Å². The molecule has 0 atom stereocenters. The Hall–Kier alpha value is -0.510. The lowest BCUT2D eigenvalue weighted by Gasteiger charge is -1.99. The van der Waals surface area contributed by atoms with Crippen LogP contribution in [0.4, 0.5) is 8.78 Å². The minimum absolute atomic E-state index is 0.159. The highest BCUT2D eigenvalue weighted by atomic mass is 79.9. The van der Waals surface area contributed by atoms with E-state index in [4.69, 9.17) is 0 Å². The van der Waals surface area contributed by atoms with Crippen molar-refractivity contribution in [3.8, 4) is 0 Å². The third kappa shape index (κ3) is 2.52. The molecule has 1 aromatic rings. The van der Waals surface area contributed by atoms with Gasteiger partial charge < -0.3 is 0 Å². The summed E-state index contributed by atoms with van der Waals surface area (Å²) < 4.78 is 24.0. The van der Waals surface area contributed by atoms with Crippen molar-refractivity contribution >= 4 is 15.9 Å². The number of aromatic nitrogens is 1. The van der Waals surface area contributed by atoms with E-state index in [0.29, 0.717) is 0 Å². The summed E-state index contributed by atoms with van der Waals surface area (Å²) >= 11 is 3.26. The SMILES string of the molecule is FC(F)c1ccc(CCBr)cn1. The highest BCUT2D eigenvalue weighted by Crippen LogP contribution is 2.15. The number of hydrogen-bond donors (Lipinski definition) is 0. The van der Waals surface area contributed by atoms with Crippen LogP contribution in [0.2, 0.25) is 0 Å². The van der Waals surface area contributed by atoms with Crippen LogP contribution in [-0.2, 0) is 6.42 Å². The van der Waals surface area contributed by atoms with Gasteiger partial charge in [0.05, 0.1) is 0 Å². The van der Waals surface area contributed by atoms with Gasteiger partial charge in [0.25, 0.3) is 6.43 Å². The molecule has 0 aliphatic carbocycles. The van der Waals surface area contributed by atoms with E-state index < -0.39 is 6.43 Å². The first kappa shape index (κ1) is 9.58. The zero-order chi connectivity index (χ0) is 8.97. The topological polar surface area (TPSA) is 12.9 Å². The number of nitrogens with zero attached hydrogens (tertiary/aromatic N) is 1. The Morgan fingerprint density at radius 2 is 2.17 bits per heavy atom. The summed E-state index contributed by atoms with van der Waals surface area (Å²) in [5.41, 5.74) is 0.810. The van der Waals surface area contributed by atoms with Gasteiger partial charge in [-0.05, 0) is 18.1 Å². The summed E-state index contributed by atoms with van der Waals surface area (Å²) in [7, 11) is 0. The van der Waals surface area contributed by atoms with E-state index in [0.717, 1.165) is 17.3 Å². The van der Waals surface area contributed by atoms with Crippen LogP contribution in [0.15, 0.2) is 18.3 Å². The van der Waals surface area contributed by atoms with Crippen LogP contribution in [-0.4, -0.2) is 10.3 Å². The smallest absolute Gasteiger partial charge is 0.255 e. The lowest BCUT2D eigenvalue weighted by atomic mass is 10.2. The highest BCUT2D eigenvalue weighted by Gasteiger charge is 2.06. The van der Waals surface area contributed by atoms with Crippen LogP contribution in [0.25, 0.3) is 0 Å². The Morgan fingerprint density at radius 3 is 2.58 bits per heavy atom. The zero-order valence-corrected chi connectivity index (χ0v) is 7.89. The number of halogens is 3. The van der Waals surface area contributed by atoms with Crippen molar-refractivity contribution in [3.05, 3.63) is 29.6 Å². The number of alkyl halides is 3. The fraction of sp³-hybridized carbons (Fsp3) is 0.375. The molecular weight excluding hydrogens is 228 g/mol. The lowest BCUT2D eigenvalue weighted by molar-refractivity contribution is 0.146. The third-order valence-electron chi connectivity index (χ3n) is 1.45. The van der Waals surface area contributed by atoms with Crippen LogP contribution in [0.3, 0.4) is 0 Å². The van der Waals surface area contributed by atoms with Gasteiger partial charge in [-0.25, -0.2) is 8.78 Å². The Balaban J connectivity index is 2.71. The van der Waals surface area contributed by atoms with Gasteiger partial charge in [0.1, 0.15) is 5.69 Å². The predicted octanol–water partition coefficient (Wildman–Crippen LogP) is 2.96. The first-order valence-electron chi connectivity index (χ1n) is 3.53. The Bertz CT molecular complexity index is 235. The van der Waals surface area contributed by atoms with Gasteiger partial charge in [-0.1, -0.05) is 22.0 Å². The standard InChI is InChI=1S/C8H8BrF2N/c9-4-3-6-1-2-7(8(10)11)12-5-6/h1-2,5,8H,3-4H2. The fourth-order valence-corrected chi connectivity index (χ4v) is 1.28. The molecule has 66 valence electrons. The number of pyridine rings is 1. The molecule has 0 radical (unpaired) electrons. The monoisotopic (exact) mass is 235 g/mol. The minimum atomic E-state index is -2.47. The maximum atomic E-state index is 12.0. The van der Waals surface area contributed by atoms with E-state index in [1.165, 1.54) is 12.3 Å². The van der Waals surface area contributed by atoms with Crippen LogP contribution in [0.1, 0.15) is 17.7 Å². The van der Waals surface area contributed by atoms with Gasteiger partial charge in [0.15, 0.2) is 0 Å². The largest absolute Gasteiger partial charge is 0.280 e. The first-order valence-corrected chi connectivity index (χ1v) is 4.65. The van der Waals surface area contributed by atoms with E-state index in [2.05, 4.69) is 20.9 Å². The lowest BCUT2D eigenvalue weighted by Crippen LogP contribution is -1.92. The second-order valence-corrected chi connectivity index (χ2v) is 3.12. The van der Waals surface area contributed by atoms with Crippen molar-refractivity contribution < 1.29 is 8.78 Å². The average molecular weight is 236 g/mol. The highest BCUT2D eigenvalue weighted by molar-refractivity contribution is 9.09. The Kier molecular flexibility index (Phi) is 3.59. The summed E-state index contributed by atoms with van der Waals surface area (Å²) in [6.07, 6.45) is -0.165. The normalized spacial score (nSPS) is 10.7. The molecule has 12 heavy (non-hydrogen) atoms. The average Bonchev–Trinajstić information content (AvgIpc) is 2.06. The van der Waals surface area contributed by atoms with Crippen molar-refractivity contribution in [1.82, 2.24) is 4.98 Å². The molecule has 1 aromatic heterocycles. The summed E-state index contributed by atoms with van der Waals surface area (Å²) in [4.78, 5) is 3.63. The Morgan fingerprint density at radius 1 is 1.42 bits per heavy atom. The van der Waals surface area contributed by atoms with Crippen molar-refractivity contribution in [1.29, 1.82) is 0 Å². The molecule has 1 rings (SSSR count). The molecule has 0 saturated carbocycles. The van der Waals surface area contributed by atoms with E-state index in [1.807, 2.05) is 0 Å². The molecule has 0 aliphatic rings. The molecule has 0 bridgehead atoms. The van der Waals surface area contributed by atoms with Crippen molar-refractivity contribution in [2.24, 2.45) is 0 Å².